The van der Waals surface area contributed by atoms with E-state index in [-0.39, 0.29) is 13.0 Å². The number of esters is 1. The highest BCUT2D eigenvalue weighted by Gasteiger charge is 2.31. The van der Waals surface area contributed by atoms with Gasteiger partial charge in [0.2, 0.25) is 0 Å². The van der Waals surface area contributed by atoms with Crippen molar-refractivity contribution >= 4 is 16.1 Å². The summed E-state index contributed by atoms with van der Waals surface area (Å²) in [5.41, 5.74) is 0. The second-order valence-electron chi connectivity index (χ2n) is 12.2. The maximum Gasteiger partial charge on any atom is 0.326 e. The summed E-state index contributed by atoms with van der Waals surface area (Å²) in [7, 11) is -4.43. The Morgan fingerprint density at radius 3 is 1.07 bits per heavy atom. The lowest BCUT2D eigenvalue weighted by atomic mass is 10.0. The lowest BCUT2D eigenvalue weighted by molar-refractivity contribution is -0.143. The van der Waals surface area contributed by atoms with E-state index in [4.69, 9.17) is 4.74 Å². The summed E-state index contributed by atoms with van der Waals surface area (Å²) in [6.07, 6.45) is 34.7. The first-order valence-electron chi connectivity index (χ1n) is 17.6. The largest absolute Gasteiger partial charge is 0.465 e. The fourth-order valence-electron chi connectivity index (χ4n) is 5.47. The zero-order chi connectivity index (χ0) is 29.6. The number of hydrogen-bond acceptors (Lipinski definition) is 4. The third-order valence-corrected chi connectivity index (χ3v) is 9.33. The Hall–Kier alpha value is -0.620. The minimum atomic E-state index is -4.43. The molecule has 1 N–H and O–H groups in total. The van der Waals surface area contributed by atoms with Crippen molar-refractivity contribution in [1.29, 1.82) is 0 Å². The zero-order valence-corrected chi connectivity index (χ0v) is 27.6. The maximum absolute atomic E-state index is 12.3. The lowest BCUT2D eigenvalue weighted by Crippen LogP contribution is -2.32. The monoisotopic (exact) mass is 588 g/mol. The van der Waals surface area contributed by atoms with E-state index in [1.807, 2.05) is 0 Å². The number of carbonyl (C=O) groups is 1. The molecule has 0 fully saturated rings. The molecule has 1 unspecified atom stereocenters. The molecule has 0 rings (SSSR count). The van der Waals surface area contributed by atoms with Crippen molar-refractivity contribution < 1.29 is 22.5 Å². The van der Waals surface area contributed by atoms with E-state index in [0.717, 1.165) is 38.5 Å². The lowest BCUT2D eigenvalue weighted by Gasteiger charge is -2.13. The van der Waals surface area contributed by atoms with Gasteiger partial charge < -0.3 is 4.74 Å². The SMILES string of the molecule is CCCCCCCCCCCCCCCCOC(=O)C(CCCCCCCCCCCCCCCC)S(=O)(=O)O. The minimum absolute atomic E-state index is 0.147. The number of rotatable bonds is 32. The minimum Gasteiger partial charge on any atom is -0.465 e. The Morgan fingerprint density at radius 1 is 0.500 bits per heavy atom. The molecule has 0 aromatic heterocycles. The first kappa shape index (κ1) is 39.4. The van der Waals surface area contributed by atoms with Crippen LogP contribution < -0.4 is 0 Å². The quantitative estimate of drug-likeness (QED) is 0.0480. The molecule has 0 radical (unpaired) electrons. The summed E-state index contributed by atoms with van der Waals surface area (Å²) >= 11 is 0. The van der Waals surface area contributed by atoms with Crippen LogP contribution in [0.2, 0.25) is 0 Å². The van der Waals surface area contributed by atoms with Gasteiger partial charge >= 0.3 is 5.97 Å². The van der Waals surface area contributed by atoms with E-state index in [9.17, 15) is 17.8 Å². The van der Waals surface area contributed by atoms with Crippen LogP contribution in [0.3, 0.4) is 0 Å². The Labute approximate surface area is 250 Å². The van der Waals surface area contributed by atoms with Crippen LogP contribution in [0.25, 0.3) is 0 Å². The predicted octanol–water partition coefficient (Wildman–Crippen LogP) is 11.1. The van der Waals surface area contributed by atoms with Crippen molar-refractivity contribution in [3.8, 4) is 0 Å². The molecule has 0 saturated heterocycles. The zero-order valence-electron chi connectivity index (χ0n) is 26.8. The van der Waals surface area contributed by atoms with E-state index in [1.165, 1.54) is 135 Å². The van der Waals surface area contributed by atoms with E-state index in [2.05, 4.69) is 13.8 Å². The fourth-order valence-corrected chi connectivity index (χ4v) is 6.25. The fraction of sp³-hybridized carbons (Fsp3) is 0.971. The Balaban J connectivity index is 3.67. The third kappa shape index (κ3) is 27.5. The van der Waals surface area contributed by atoms with Crippen LogP contribution in [0.1, 0.15) is 200 Å². The summed E-state index contributed by atoms with van der Waals surface area (Å²) < 4.78 is 38.3. The van der Waals surface area contributed by atoms with E-state index >= 15 is 0 Å². The number of unbranched alkanes of at least 4 members (excludes halogenated alkanes) is 26. The molecule has 5 nitrogen and oxygen atoms in total. The predicted molar refractivity (Wildman–Crippen MR) is 172 cm³/mol. The molecular weight excluding hydrogens is 520 g/mol. The van der Waals surface area contributed by atoms with Gasteiger partial charge in [-0.3, -0.25) is 9.35 Å². The molecule has 240 valence electrons. The summed E-state index contributed by atoms with van der Waals surface area (Å²) in [4.78, 5) is 12.3. The maximum atomic E-state index is 12.3. The van der Waals surface area contributed by atoms with Crippen molar-refractivity contribution in [2.45, 2.75) is 205 Å². The molecule has 0 aliphatic heterocycles. The Morgan fingerprint density at radius 2 is 0.775 bits per heavy atom. The van der Waals surface area contributed by atoms with Crippen molar-refractivity contribution in [1.82, 2.24) is 0 Å². The molecule has 1 atom stereocenters. The van der Waals surface area contributed by atoms with Gasteiger partial charge in [-0.05, 0) is 12.8 Å². The normalized spacial score (nSPS) is 12.6. The van der Waals surface area contributed by atoms with Crippen molar-refractivity contribution in [3.05, 3.63) is 0 Å². The van der Waals surface area contributed by atoms with Crippen molar-refractivity contribution in [2.24, 2.45) is 0 Å². The molecule has 0 aliphatic rings. The molecule has 0 saturated carbocycles. The average molecular weight is 589 g/mol. The first-order valence-corrected chi connectivity index (χ1v) is 19.1. The van der Waals surface area contributed by atoms with Gasteiger partial charge in [0, 0.05) is 0 Å². The van der Waals surface area contributed by atoms with Crippen LogP contribution in [0.15, 0.2) is 0 Å². The van der Waals surface area contributed by atoms with Gasteiger partial charge in [-0.1, -0.05) is 187 Å². The number of hydrogen-bond donors (Lipinski definition) is 1. The average Bonchev–Trinajstić information content (AvgIpc) is 2.92. The molecule has 0 heterocycles. The molecule has 6 heteroatoms. The topological polar surface area (TPSA) is 80.7 Å². The van der Waals surface area contributed by atoms with Crippen LogP contribution in [0.4, 0.5) is 0 Å². The van der Waals surface area contributed by atoms with Crippen LogP contribution in [0, 0.1) is 0 Å². The molecule has 0 bridgehead atoms. The number of carbonyl (C=O) groups excluding carboxylic acids is 1. The third-order valence-electron chi connectivity index (χ3n) is 8.18. The summed E-state index contributed by atoms with van der Waals surface area (Å²) in [5, 5.41) is -1.43. The molecule has 0 aliphatic carbocycles. The van der Waals surface area contributed by atoms with Crippen LogP contribution in [-0.2, 0) is 19.6 Å². The van der Waals surface area contributed by atoms with Gasteiger partial charge in [0.05, 0.1) is 6.61 Å². The van der Waals surface area contributed by atoms with Crippen molar-refractivity contribution in [2.75, 3.05) is 6.61 Å². The van der Waals surface area contributed by atoms with Gasteiger partial charge in [0.15, 0.2) is 5.25 Å². The standard InChI is InChI=1S/C34H68O5S/c1-3-5-7-9-11-13-15-17-19-21-23-25-27-29-31-33(40(36,37)38)34(35)39-32-30-28-26-24-22-20-18-16-14-12-10-8-6-4-2/h33H,3-32H2,1-2H3,(H,36,37,38). The van der Waals surface area contributed by atoms with Gasteiger partial charge in [0.25, 0.3) is 10.1 Å². The molecule has 0 spiro atoms. The highest BCUT2D eigenvalue weighted by Crippen LogP contribution is 2.17. The van der Waals surface area contributed by atoms with Crippen LogP contribution >= 0.6 is 0 Å². The molecule has 0 aromatic rings. The molecule has 0 aromatic carbocycles. The highest BCUT2D eigenvalue weighted by atomic mass is 32.2. The van der Waals surface area contributed by atoms with Gasteiger partial charge in [0.1, 0.15) is 0 Å². The molecule has 40 heavy (non-hydrogen) atoms. The first-order chi connectivity index (χ1) is 19.4. The highest BCUT2D eigenvalue weighted by molar-refractivity contribution is 7.87. The van der Waals surface area contributed by atoms with Gasteiger partial charge in [-0.15, -0.1) is 0 Å². The van der Waals surface area contributed by atoms with E-state index < -0.39 is 21.3 Å². The summed E-state index contributed by atoms with van der Waals surface area (Å²) in [6.45, 7) is 4.75. The molecular formula is C34H68O5S. The number of ether oxygens (including phenoxy) is 1. The second-order valence-corrected chi connectivity index (χ2v) is 13.8. The Kier molecular flexibility index (Phi) is 29.4. The van der Waals surface area contributed by atoms with Crippen molar-refractivity contribution in [3.63, 3.8) is 0 Å². The van der Waals surface area contributed by atoms with Gasteiger partial charge in [-0.25, -0.2) is 0 Å². The summed E-state index contributed by atoms with van der Waals surface area (Å²) in [6, 6.07) is 0. The van der Waals surface area contributed by atoms with E-state index in [0.29, 0.717) is 6.42 Å². The summed E-state index contributed by atoms with van der Waals surface area (Å²) in [5.74, 6) is -0.785. The van der Waals surface area contributed by atoms with E-state index in [1.54, 1.807) is 0 Å². The van der Waals surface area contributed by atoms with Crippen LogP contribution in [0.5, 0.6) is 0 Å². The Bertz CT molecular complexity index is 634. The van der Waals surface area contributed by atoms with Gasteiger partial charge in [-0.2, -0.15) is 8.42 Å². The van der Waals surface area contributed by atoms with Crippen LogP contribution in [-0.4, -0.2) is 30.8 Å². The molecule has 0 amide bonds. The smallest absolute Gasteiger partial charge is 0.326 e. The second kappa shape index (κ2) is 29.9.